The number of hydrogen-bond donors (Lipinski definition) is 2. The lowest BCUT2D eigenvalue weighted by Crippen LogP contribution is -2.10. The topological polar surface area (TPSA) is 27.8 Å². The normalized spacial score (nSPS) is 15.8. The van der Waals surface area contributed by atoms with Crippen molar-refractivity contribution in [3.63, 3.8) is 0 Å². The maximum atomic E-state index is 3.53. The SMILES string of the molecule is CNCCc1cc2c([nH]1)CCCC2. The minimum absolute atomic E-state index is 1.07. The number of likely N-dealkylation sites (N-methyl/N-ethyl adjacent to an activating group) is 1. The number of aryl methyl sites for hydroxylation is 2. The van der Waals surface area contributed by atoms with Gasteiger partial charge in [-0.25, -0.2) is 0 Å². The standard InChI is InChI=1S/C11H18N2/c1-12-7-6-10-8-9-4-2-3-5-11(9)13-10/h8,12-13H,2-7H2,1H3. The zero-order valence-electron chi connectivity index (χ0n) is 8.32. The molecule has 2 rings (SSSR count). The van der Waals surface area contributed by atoms with Crippen molar-refractivity contribution in [2.24, 2.45) is 0 Å². The first-order chi connectivity index (χ1) is 6.40. The predicted molar refractivity (Wildman–Crippen MR) is 55.1 cm³/mol. The Morgan fingerprint density at radius 1 is 1.38 bits per heavy atom. The molecule has 0 bridgehead atoms. The van der Waals surface area contributed by atoms with E-state index in [1.807, 2.05) is 7.05 Å². The van der Waals surface area contributed by atoms with Gasteiger partial charge < -0.3 is 10.3 Å². The molecule has 0 saturated carbocycles. The van der Waals surface area contributed by atoms with Gasteiger partial charge in [0.25, 0.3) is 0 Å². The Bertz CT molecular complexity index is 252. The van der Waals surface area contributed by atoms with Gasteiger partial charge in [0.2, 0.25) is 0 Å². The van der Waals surface area contributed by atoms with Gasteiger partial charge in [0, 0.05) is 17.9 Å². The molecule has 1 aliphatic carbocycles. The average Bonchev–Trinajstić information content (AvgIpc) is 2.57. The summed E-state index contributed by atoms with van der Waals surface area (Å²) in [4.78, 5) is 3.53. The van der Waals surface area contributed by atoms with Gasteiger partial charge >= 0.3 is 0 Å². The molecule has 1 aliphatic rings. The molecule has 0 spiro atoms. The van der Waals surface area contributed by atoms with Crippen molar-refractivity contribution < 1.29 is 0 Å². The summed E-state index contributed by atoms with van der Waals surface area (Å²) in [5, 5.41) is 3.18. The lowest BCUT2D eigenvalue weighted by Gasteiger charge is -2.09. The van der Waals surface area contributed by atoms with Crippen molar-refractivity contribution in [2.45, 2.75) is 32.1 Å². The van der Waals surface area contributed by atoms with Crippen LogP contribution in [-0.4, -0.2) is 18.6 Å². The maximum absolute atomic E-state index is 3.53. The second kappa shape index (κ2) is 3.97. The zero-order chi connectivity index (χ0) is 9.10. The molecule has 1 aromatic heterocycles. The van der Waals surface area contributed by atoms with Crippen molar-refractivity contribution in [2.75, 3.05) is 13.6 Å². The van der Waals surface area contributed by atoms with Crippen molar-refractivity contribution in [1.29, 1.82) is 0 Å². The van der Waals surface area contributed by atoms with E-state index in [0.717, 1.165) is 13.0 Å². The van der Waals surface area contributed by atoms with Crippen LogP contribution in [0.3, 0.4) is 0 Å². The smallest absolute Gasteiger partial charge is 0.0181 e. The van der Waals surface area contributed by atoms with Crippen LogP contribution in [0.2, 0.25) is 0 Å². The Hall–Kier alpha value is -0.760. The van der Waals surface area contributed by atoms with Crippen LogP contribution in [0.4, 0.5) is 0 Å². The molecule has 0 aromatic carbocycles. The summed E-state index contributed by atoms with van der Waals surface area (Å²) in [5.74, 6) is 0. The van der Waals surface area contributed by atoms with Gasteiger partial charge in [-0.3, -0.25) is 0 Å². The fraction of sp³-hybridized carbons (Fsp3) is 0.636. The number of aromatic amines is 1. The fourth-order valence-electron chi connectivity index (χ4n) is 2.07. The van der Waals surface area contributed by atoms with Crippen LogP contribution in [0.5, 0.6) is 0 Å². The van der Waals surface area contributed by atoms with Gasteiger partial charge in [-0.1, -0.05) is 0 Å². The molecular weight excluding hydrogens is 160 g/mol. The minimum Gasteiger partial charge on any atom is -0.362 e. The van der Waals surface area contributed by atoms with E-state index in [0.29, 0.717) is 0 Å². The molecule has 0 fully saturated rings. The third-order valence-corrected chi connectivity index (χ3v) is 2.81. The highest BCUT2D eigenvalue weighted by molar-refractivity contribution is 5.28. The first-order valence-corrected chi connectivity index (χ1v) is 5.24. The summed E-state index contributed by atoms with van der Waals surface area (Å²) in [6.07, 6.45) is 6.40. The highest BCUT2D eigenvalue weighted by Gasteiger charge is 2.11. The van der Waals surface area contributed by atoms with Crippen molar-refractivity contribution >= 4 is 0 Å². The second-order valence-electron chi connectivity index (χ2n) is 3.86. The minimum atomic E-state index is 1.07. The first-order valence-electron chi connectivity index (χ1n) is 5.24. The quantitative estimate of drug-likeness (QED) is 0.723. The van der Waals surface area contributed by atoms with Crippen LogP contribution in [-0.2, 0) is 19.3 Å². The van der Waals surface area contributed by atoms with E-state index in [2.05, 4.69) is 16.4 Å². The van der Waals surface area contributed by atoms with Crippen LogP contribution in [0.15, 0.2) is 6.07 Å². The van der Waals surface area contributed by atoms with Crippen LogP contribution in [0, 0.1) is 0 Å². The Kier molecular flexibility index (Phi) is 2.69. The molecule has 0 aliphatic heterocycles. The number of H-pyrrole nitrogens is 1. The fourth-order valence-corrected chi connectivity index (χ4v) is 2.07. The highest BCUT2D eigenvalue weighted by Crippen LogP contribution is 2.21. The highest BCUT2D eigenvalue weighted by atomic mass is 14.8. The molecular formula is C11H18N2. The van der Waals surface area contributed by atoms with Gasteiger partial charge in [0.1, 0.15) is 0 Å². The summed E-state index contributed by atoms with van der Waals surface area (Å²) >= 11 is 0. The number of nitrogens with one attached hydrogen (secondary N) is 2. The van der Waals surface area contributed by atoms with E-state index in [9.17, 15) is 0 Å². The molecule has 0 amide bonds. The lowest BCUT2D eigenvalue weighted by molar-refractivity contribution is 0.675. The van der Waals surface area contributed by atoms with Crippen LogP contribution in [0.25, 0.3) is 0 Å². The third kappa shape index (κ3) is 1.94. The molecule has 2 N–H and O–H groups in total. The Morgan fingerprint density at radius 3 is 3.00 bits per heavy atom. The Morgan fingerprint density at radius 2 is 2.23 bits per heavy atom. The predicted octanol–water partition coefficient (Wildman–Crippen LogP) is 1.66. The second-order valence-corrected chi connectivity index (χ2v) is 3.86. The van der Waals surface area contributed by atoms with E-state index in [1.54, 1.807) is 5.56 Å². The summed E-state index contributed by atoms with van der Waals surface area (Å²) in [5.41, 5.74) is 4.47. The monoisotopic (exact) mass is 178 g/mol. The van der Waals surface area contributed by atoms with E-state index < -0.39 is 0 Å². The molecule has 1 heterocycles. The largest absolute Gasteiger partial charge is 0.362 e. The molecule has 13 heavy (non-hydrogen) atoms. The number of rotatable bonds is 3. The average molecular weight is 178 g/mol. The number of hydrogen-bond acceptors (Lipinski definition) is 1. The van der Waals surface area contributed by atoms with Gasteiger partial charge in [0.05, 0.1) is 0 Å². The van der Waals surface area contributed by atoms with Crippen molar-refractivity contribution in [3.8, 4) is 0 Å². The van der Waals surface area contributed by atoms with Crippen molar-refractivity contribution in [1.82, 2.24) is 10.3 Å². The van der Waals surface area contributed by atoms with Crippen molar-refractivity contribution in [3.05, 3.63) is 23.0 Å². The van der Waals surface area contributed by atoms with Gasteiger partial charge in [-0.05, 0) is 50.8 Å². The van der Waals surface area contributed by atoms with Gasteiger partial charge in [-0.15, -0.1) is 0 Å². The number of fused-ring (bicyclic) bond motifs is 1. The Balaban J connectivity index is 2.07. The zero-order valence-corrected chi connectivity index (χ0v) is 8.32. The molecule has 2 heteroatoms. The molecule has 0 atom stereocenters. The molecule has 0 saturated heterocycles. The lowest BCUT2D eigenvalue weighted by atomic mass is 9.98. The summed E-state index contributed by atoms with van der Waals surface area (Å²) in [6, 6.07) is 2.35. The molecule has 1 aromatic rings. The van der Waals surface area contributed by atoms with E-state index in [1.165, 1.54) is 37.1 Å². The first kappa shape index (κ1) is 8.82. The van der Waals surface area contributed by atoms with Gasteiger partial charge in [-0.2, -0.15) is 0 Å². The number of aromatic nitrogens is 1. The van der Waals surface area contributed by atoms with E-state index in [4.69, 9.17) is 0 Å². The maximum Gasteiger partial charge on any atom is 0.0181 e. The third-order valence-electron chi connectivity index (χ3n) is 2.81. The summed E-state index contributed by atoms with van der Waals surface area (Å²) < 4.78 is 0. The van der Waals surface area contributed by atoms with Crippen LogP contribution >= 0.6 is 0 Å². The molecule has 72 valence electrons. The summed E-state index contributed by atoms with van der Waals surface area (Å²) in [7, 11) is 2.00. The summed E-state index contributed by atoms with van der Waals surface area (Å²) in [6.45, 7) is 1.07. The van der Waals surface area contributed by atoms with Crippen LogP contribution in [0.1, 0.15) is 29.8 Å². The van der Waals surface area contributed by atoms with Crippen LogP contribution < -0.4 is 5.32 Å². The molecule has 0 unspecified atom stereocenters. The van der Waals surface area contributed by atoms with E-state index >= 15 is 0 Å². The molecule has 0 radical (unpaired) electrons. The van der Waals surface area contributed by atoms with E-state index in [-0.39, 0.29) is 0 Å². The van der Waals surface area contributed by atoms with Gasteiger partial charge in [0.15, 0.2) is 0 Å². The molecule has 2 nitrogen and oxygen atoms in total. The Labute approximate surface area is 79.7 Å².